The average molecular weight is 255 g/mol. The van der Waals surface area contributed by atoms with Gasteiger partial charge in [0.25, 0.3) is 0 Å². The molecule has 2 aromatic heterocycles. The van der Waals surface area contributed by atoms with Crippen molar-refractivity contribution in [2.24, 2.45) is 0 Å². The smallest absolute Gasteiger partial charge is 0.0375 e. The van der Waals surface area contributed by atoms with Gasteiger partial charge in [-0.05, 0) is 55.6 Å². The first kappa shape index (κ1) is 13.7. The third kappa shape index (κ3) is 4.14. The standard InChI is InChI=1S/C16H21N3/c1-3-7-19-16(11-14-5-4-8-17-12-14)15-6-9-18-13(2)10-15/h4-6,8-10,12,16,19H,3,7,11H2,1-2H3. The zero-order valence-electron chi connectivity index (χ0n) is 11.6. The average Bonchev–Trinajstić information content (AvgIpc) is 2.44. The van der Waals surface area contributed by atoms with E-state index >= 15 is 0 Å². The van der Waals surface area contributed by atoms with Crippen LogP contribution < -0.4 is 5.32 Å². The number of nitrogens with zero attached hydrogens (tertiary/aromatic N) is 2. The summed E-state index contributed by atoms with van der Waals surface area (Å²) in [4.78, 5) is 8.46. The summed E-state index contributed by atoms with van der Waals surface area (Å²) in [6.07, 6.45) is 7.72. The predicted octanol–water partition coefficient (Wildman–Crippen LogP) is 3.07. The van der Waals surface area contributed by atoms with Crippen LogP contribution in [0.5, 0.6) is 0 Å². The van der Waals surface area contributed by atoms with E-state index in [0.29, 0.717) is 6.04 Å². The van der Waals surface area contributed by atoms with Crippen LogP contribution in [0.2, 0.25) is 0 Å². The first-order chi connectivity index (χ1) is 9.29. The van der Waals surface area contributed by atoms with E-state index in [-0.39, 0.29) is 0 Å². The number of nitrogens with one attached hydrogen (secondary N) is 1. The molecular formula is C16H21N3. The fraction of sp³-hybridized carbons (Fsp3) is 0.375. The summed E-state index contributed by atoms with van der Waals surface area (Å²) in [5.74, 6) is 0. The third-order valence-electron chi connectivity index (χ3n) is 3.13. The molecule has 0 aliphatic rings. The van der Waals surface area contributed by atoms with E-state index in [1.54, 1.807) is 0 Å². The van der Waals surface area contributed by atoms with E-state index in [1.807, 2.05) is 31.6 Å². The minimum atomic E-state index is 0.325. The van der Waals surface area contributed by atoms with Crippen LogP contribution >= 0.6 is 0 Å². The quantitative estimate of drug-likeness (QED) is 0.862. The fourth-order valence-electron chi connectivity index (χ4n) is 2.17. The highest BCUT2D eigenvalue weighted by Crippen LogP contribution is 2.18. The van der Waals surface area contributed by atoms with Gasteiger partial charge < -0.3 is 5.32 Å². The molecule has 3 nitrogen and oxygen atoms in total. The lowest BCUT2D eigenvalue weighted by molar-refractivity contribution is 0.528. The van der Waals surface area contributed by atoms with Crippen molar-refractivity contribution in [3.05, 3.63) is 59.7 Å². The molecule has 2 aromatic rings. The highest BCUT2D eigenvalue weighted by Gasteiger charge is 2.11. The van der Waals surface area contributed by atoms with Crippen molar-refractivity contribution in [1.29, 1.82) is 0 Å². The third-order valence-corrected chi connectivity index (χ3v) is 3.13. The Labute approximate surface area is 115 Å². The van der Waals surface area contributed by atoms with Crippen molar-refractivity contribution < 1.29 is 0 Å². The molecule has 1 unspecified atom stereocenters. The Hall–Kier alpha value is -1.74. The highest BCUT2D eigenvalue weighted by atomic mass is 14.9. The van der Waals surface area contributed by atoms with Crippen LogP contribution in [0.4, 0.5) is 0 Å². The van der Waals surface area contributed by atoms with Crippen LogP contribution in [-0.4, -0.2) is 16.5 Å². The normalized spacial score (nSPS) is 12.3. The van der Waals surface area contributed by atoms with E-state index in [0.717, 1.165) is 25.1 Å². The topological polar surface area (TPSA) is 37.8 Å². The van der Waals surface area contributed by atoms with Gasteiger partial charge in [-0.2, -0.15) is 0 Å². The monoisotopic (exact) mass is 255 g/mol. The van der Waals surface area contributed by atoms with Crippen LogP contribution in [0.3, 0.4) is 0 Å². The lowest BCUT2D eigenvalue weighted by Crippen LogP contribution is -2.24. The van der Waals surface area contributed by atoms with Crippen LogP contribution in [-0.2, 0) is 6.42 Å². The van der Waals surface area contributed by atoms with Gasteiger partial charge in [-0.15, -0.1) is 0 Å². The van der Waals surface area contributed by atoms with Gasteiger partial charge in [0.2, 0.25) is 0 Å². The zero-order chi connectivity index (χ0) is 13.5. The molecule has 0 aliphatic carbocycles. The Morgan fingerprint density at radius 1 is 1.26 bits per heavy atom. The van der Waals surface area contributed by atoms with Crippen molar-refractivity contribution in [3.63, 3.8) is 0 Å². The summed E-state index contributed by atoms with van der Waals surface area (Å²) in [7, 11) is 0. The fourth-order valence-corrected chi connectivity index (χ4v) is 2.17. The molecule has 1 atom stereocenters. The van der Waals surface area contributed by atoms with Gasteiger partial charge >= 0.3 is 0 Å². The molecule has 0 bridgehead atoms. The van der Waals surface area contributed by atoms with Gasteiger partial charge in [-0.1, -0.05) is 13.0 Å². The lowest BCUT2D eigenvalue weighted by atomic mass is 10.00. The molecule has 0 radical (unpaired) electrons. The highest BCUT2D eigenvalue weighted by molar-refractivity contribution is 5.22. The number of pyridine rings is 2. The van der Waals surface area contributed by atoms with Crippen molar-refractivity contribution in [1.82, 2.24) is 15.3 Å². The van der Waals surface area contributed by atoms with E-state index in [4.69, 9.17) is 0 Å². The SMILES string of the molecule is CCCNC(Cc1cccnc1)c1ccnc(C)c1. The molecule has 0 saturated carbocycles. The van der Waals surface area contributed by atoms with Gasteiger partial charge in [-0.3, -0.25) is 9.97 Å². The summed E-state index contributed by atoms with van der Waals surface area (Å²) in [5, 5.41) is 3.61. The molecule has 2 rings (SSSR count). The number of aromatic nitrogens is 2. The maximum absolute atomic E-state index is 4.27. The van der Waals surface area contributed by atoms with Gasteiger partial charge in [0.05, 0.1) is 0 Å². The van der Waals surface area contributed by atoms with Gasteiger partial charge in [0, 0.05) is 30.3 Å². The van der Waals surface area contributed by atoms with Gasteiger partial charge in [0.15, 0.2) is 0 Å². The maximum atomic E-state index is 4.27. The largest absolute Gasteiger partial charge is 0.310 e. The van der Waals surface area contributed by atoms with Crippen molar-refractivity contribution >= 4 is 0 Å². The Bertz CT molecular complexity index is 496. The molecule has 100 valence electrons. The summed E-state index contributed by atoms with van der Waals surface area (Å²) in [6, 6.07) is 8.69. The first-order valence-electron chi connectivity index (χ1n) is 6.84. The molecule has 0 saturated heterocycles. The first-order valence-corrected chi connectivity index (χ1v) is 6.84. The summed E-state index contributed by atoms with van der Waals surface area (Å²) < 4.78 is 0. The second kappa shape index (κ2) is 7.00. The van der Waals surface area contributed by atoms with E-state index in [2.05, 4.69) is 40.4 Å². The Morgan fingerprint density at radius 2 is 2.16 bits per heavy atom. The number of rotatable bonds is 6. The minimum Gasteiger partial charge on any atom is -0.310 e. The Balaban J connectivity index is 2.16. The molecular weight excluding hydrogens is 234 g/mol. The Morgan fingerprint density at radius 3 is 2.84 bits per heavy atom. The van der Waals surface area contributed by atoms with Crippen molar-refractivity contribution in [3.8, 4) is 0 Å². The maximum Gasteiger partial charge on any atom is 0.0375 e. The summed E-state index contributed by atoms with van der Waals surface area (Å²) in [6.45, 7) is 5.24. The van der Waals surface area contributed by atoms with Crippen LogP contribution in [0, 0.1) is 6.92 Å². The molecule has 0 aliphatic heterocycles. The zero-order valence-corrected chi connectivity index (χ0v) is 11.6. The molecule has 0 aromatic carbocycles. The van der Waals surface area contributed by atoms with Crippen LogP contribution in [0.1, 0.15) is 36.2 Å². The molecule has 0 fully saturated rings. The summed E-state index contributed by atoms with van der Waals surface area (Å²) >= 11 is 0. The van der Waals surface area contributed by atoms with Crippen molar-refractivity contribution in [2.45, 2.75) is 32.7 Å². The molecule has 0 amide bonds. The molecule has 2 heterocycles. The minimum absolute atomic E-state index is 0.325. The molecule has 0 spiro atoms. The van der Waals surface area contributed by atoms with E-state index in [1.165, 1.54) is 11.1 Å². The van der Waals surface area contributed by atoms with Crippen molar-refractivity contribution in [2.75, 3.05) is 6.54 Å². The molecule has 1 N–H and O–H groups in total. The van der Waals surface area contributed by atoms with E-state index < -0.39 is 0 Å². The van der Waals surface area contributed by atoms with Crippen LogP contribution in [0.25, 0.3) is 0 Å². The second-order valence-electron chi connectivity index (χ2n) is 4.80. The van der Waals surface area contributed by atoms with E-state index in [9.17, 15) is 0 Å². The number of hydrogen-bond donors (Lipinski definition) is 1. The second-order valence-corrected chi connectivity index (χ2v) is 4.80. The number of aryl methyl sites for hydroxylation is 1. The summed E-state index contributed by atoms with van der Waals surface area (Å²) in [5.41, 5.74) is 3.61. The van der Waals surface area contributed by atoms with Crippen LogP contribution in [0.15, 0.2) is 42.9 Å². The lowest BCUT2D eigenvalue weighted by Gasteiger charge is -2.19. The molecule has 3 heteroatoms. The Kier molecular flexibility index (Phi) is 5.04. The number of hydrogen-bond acceptors (Lipinski definition) is 3. The van der Waals surface area contributed by atoms with Gasteiger partial charge in [0.1, 0.15) is 0 Å². The predicted molar refractivity (Wildman–Crippen MR) is 77.9 cm³/mol. The molecule has 19 heavy (non-hydrogen) atoms. The van der Waals surface area contributed by atoms with Gasteiger partial charge in [-0.25, -0.2) is 0 Å².